The van der Waals surface area contributed by atoms with Crippen molar-refractivity contribution < 1.29 is 14.3 Å². The highest BCUT2D eigenvalue weighted by atomic mass is 16.5. The first-order chi connectivity index (χ1) is 18.0. The van der Waals surface area contributed by atoms with Gasteiger partial charge in [0.25, 0.3) is 5.91 Å². The largest absolute Gasteiger partial charge is 0.452 e. The number of aryl methyl sites for hydroxylation is 2. The molecule has 0 radical (unpaired) electrons. The predicted octanol–water partition coefficient (Wildman–Crippen LogP) is 6.19. The number of aromatic nitrogens is 2. The third-order valence-corrected chi connectivity index (χ3v) is 6.85. The van der Waals surface area contributed by atoms with Crippen LogP contribution in [-0.4, -0.2) is 34.5 Å². The molecule has 0 spiro atoms. The maximum atomic E-state index is 12.7. The second-order valence-corrected chi connectivity index (χ2v) is 9.83. The van der Waals surface area contributed by atoms with Crippen molar-refractivity contribution >= 4 is 22.9 Å². The Morgan fingerprint density at radius 3 is 1.95 bits per heavy atom. The van der Waals surface area contributed by atoms with E-state index in [9.17, 15) is 9.59 Å². The number of esters is 1. The first-order valence-corrected chi connectivity index (χ1v) is 12.9. The molecule has 1 fully saturated rings. The highest BCUT2D eigenvalue weighted by molar-refractivity contribution is 5.96. The quantitative estimate of drug-likeness (QED) is 0.324. The third-order valence-electron chi connectivity index (χ3n) is 6.85. The van der Waals surface area contributed by atoms with Crippen LogP contribution in [0.5, 0.6) is 0 Å². The summed E-state index contributed by atoms with van der Waals surface area (Å²) >= 11 is 0. The molecule has 1 aliphatic rings. The molecule has 1 N–H and O–H groups in total. The van der Waals surface area contributed by atoms with Crippen molar-refractivity contribution in [2.75, 3.05) is 6.61 Å². The average molecular weight is 494 g/mol. The monoisotopic (exact) mass is 493 g/mol. The minimum Gasteiger partial charge on any atom is -0.452 e. The molecular weight excluding hydrogens is 462 g/mol. The van der Waals surface area contributed by atoms with Crippen molar-refractivity contribution in [3.63, 3.8) is 0 Å². The summed E-state index contributed by atoms with van der Waals surface area (Å²) in [4.78, 5) is 34.9. The predicted molar refractivity (Wildman–Crippen MR) is 145 cm³/mol. The SMILES string of the molecule is Cc1ccc(-c2nc3ccc(C(=O)OCC(=O)NC4CCCCC4)cc3nc2-c2ccc(C)cc2)cc1. The van der Waals surface area contributed by atoms with E-state index in [0.29, 0.717) is 16.6 Å². The molecule has 5 rings (SSSR count). The number of amides is 1. The summed E-state index contributed by atoms with van der Waals surface area (Å²) < 4.78 is 5.31. The van der Waals surface area contributed by atoms with Gasteiger partial charge in [-0.25, -0.2) is 14.8 Å². The summed E-state index contributed by atoms with van der Waals surface area (Å²) in [5.74, 6) is -0.813. The van der Waals surface area contributed by atoms with Crippen molar-refractivity contribution in [2.45, 2.75) is 52.0 Å². The van der Waals surface area contributed by atoms with Crippen molar-refractivity contribution in [3.8, 4) is 22.5 Å². The second-order valence-electron chi connectivity index (χ2n) is 9.83. The van der Waals surface area contributed by atoms with Gasteiger partial charge in [-0.3, -0.25) is 4.79 Å². The molecule has 4 aromatic rings. The van der Waals surface area contributed by atoms with Crippen LogP contribution in [0.4, 0.5) is 0 Å². The van der Waals surface area contributed by atoms with Gasteiger partial charge in [-0.15, -0.1) is 0 Å². The number of carbonyl (C=O) groups excluding carboxylic acids is 2. The first kappa shape index (κ1) is 24.6. The van der Waals surface area contributed by atoms with E-state index in [0.717, 1.165) is 53.8 Å². The lowest BCUT2D eigenvalue weighted by Crippen LogP contribution is -2.38. The van der Waals surface area contributed by atoms with Gasteiger partial charge in [0.2, 0.25) is 0 Å². The second kappa shape index (κ2) is 10.9. The van der Waals surface area contributed by atoms with E-state index in [-0.39, 0.29) is 18.6 Å². The van der Waals surface area contributed by atoms with Crippen LogP contribution >= 0.6 is 0 Å². The molecular formula is C31H31N3O3. The van der Waals surface area contributed by atoms with Crippen molar-refractivity contribution in [1.29, 1.82) is 0 Å². The highest BCUT2D eigenvalue weighted by Gasteiger charge is 2.18. The molecule has 1 heterocycles. The number of benzene rings is 3. The van der Waals surface area contributed by atoms with Crippen LogP contribution in [0.1, 0.15) is 53.6 Å². The Hall–Kier alpha value is -4.06. The molecule has 1 aliphatic carbocycles. The first-order valence-electron chi connectivity index (χ1n) is 12.9. The van der Waals surface area contributed by atoms with E-state index in [1.165, 1.54) is 12.0 Å². The molecule has 0 saturated heterocycles. The molecule has 6 nitrogen and oxygen atoms in total. The number of ether oxygens (including phenoxy) is 1. The molecule has 3 aromatic carbocycles. The summed E-state index contributed by atoms with van der Waals surface area (Å²) in [6.45, 7) is 3.81. The summed E-state index contributed by atoms with van der Waals surface area (Å²) in [7, 11) is 0. The zero-order chi connectivity index (χ0) is 25.8. The Balaban J connectivity index is 1.41. The van der Waals surface area contributed by atoms with Gasteiger partial charge in [-0.05, 0) is 44.9 Å². The van der Waals surface area contributed by atoms with Crippen molar-refractivity contribution in [1.82, 2.24) is 15.3 Å². The molecule has 1 saturated carbocycles. The minimum atomic E-state index is -0.554. The van der Waals surface area contributed by atoms with E-state index >= 15 is 0 Å². The molecule has 37 heavy (non-hydrogen) atoms. The Labute approximate surface area is 217 Å². The van der Waals surface area contributed by atoms with Gasteiger partial charge in [0, 0.05) is 17.2 Å². The van der Waals surface area contributed by atoms with Gasteiger partial charge in [0.1, 0.15) is 0 Å². The van der Waals surface area contributed by atoms with Gasteiger partial charge in [0.15, 0.2) is 6.61 Å². The van der Waals surface area contributed by atoms with Gasteiger partial charge < -0.3 is 10.1 Å². The van der Waals surface area contributed by atoms with E-state index < -0.39 is 5.97 Å². The lowest BCUT2D eigenvalue weighted by atomic mass is 9.95. The average Bonchev–Trinajstić information content (AvgIpc) is 2.92. The van der Waals surface area contributed by atoms with Gasteiger partial charge >= 0.3 is 5.97 Å². The molecule has 188 valence electrons. The van der Waals surface area contributed by atoms with Crippen LogP contribution < -0.4 is 5.32 Å². The smallest absolute Gasteiger partial charge is 0.338 e. The summed E-state index contributed by atoms with van der Waals surface area (Å²) in [5, 5.41) is 2.97. The van der Waals surface area contributed by atoms with Crippen LogP contribution in [0.3, 0.4) is 0 Å². The Kier molecular flexibility index (Phi) is 7.26. The molecule has 0 atom stereocenters. The maximum Gasteiger partial charge on any atom is 0.338 e. The van der Waals surface area contributed by atoms with E-state index in [4.69, 9.17) is 14.7 Å². The molecule has 1 amide bonds. The normalized spacial score (nSPS) is 13.9. The van der Waals surface area contributed by atoms with Crippen LogP contribution in [-0.2, 0) is 9.53 Å². The zero-order valence-electron chi connectivity index (χ0n) is 21.3. The highest BCUT2D eigenvalue weighted by Crippen LogP contribution is 2.31. The number of nitrogens with one attached hydrogen (secondary N) is 1. The Bertz CT molecular complexity index is 1420. The van der Waals surface area contributed by atoms with E-state index in [1.54, 1.807) is 18.2 Å². The molecule has 6 heteroatoms. The van der Waals surface area contributed by atoms with E-state index in [2.05, 4.69) is 24.4 Å². The number of carbonyl (C=O) groups is 2. The fourth-order valence-electron chi connectivity index (χ4n) is 4.74. The number of hydrogen-bond acceptors (Lipinski definition) is 5. The summed E-state index contributed by atoms with van der Waals surface area (Å²) in [5.41, 5.74) is 7.39. The van der Waals surface area contributed by atoms with Crippen molar-refractivity contribution in [2.24, 2.45) is 0 Å². The zero-order valence-corrected chi connectivity index (χ0v) is 21.3. The minimum absolute atomic E-state index is 0.179. The number of fused-ring (bicyclic) bond motifs is 1. The van der Waals surface area contributed by atoms with Crippen LogP contribution in [0.25, 0.3) is 33.5 Å². The molecule has 1 aromatic heterocycles. The molecule has 0 unspecified atom stereocenters. The Morgan fingerprint density at radius 1 is 0.784 bits per heavy atom. The fourth-order valence-corrected chi connectivity index (χ4v) is 4.74. The number of nitrogens with zero attached hydrogens (tertiary/aromatic N) is 2. The van der Waals surface area contributed by atoms with Gasteiger partial charge in [0.05, 0.1) is 28.0 Å². The van der Waals surface area contributed by atoms with Crippen LogP contribution in [0.15, 0.2) is 66.7 Å². The maximum absolute atomic E-state index is 12.7. The molecule has 0 aliphatic heterocycles. The lowest BCUT2D eigenvalue weighted by molar-refractivity contribution is -0.125. The van der Waals surface area contributed by atoms with Crippen LogP contribution in [0.2, 0.25) is 0 Å². The summed E-state index contributed by atoms with van der Waals surface area (Å²) in [6.07, 6.45) is 5.43. The van der Waals surface area contributed by atoms with Gasteiger partial charge in [-0.2, -0.15) is 0 Å². The number of rotatable bonds is 6. The van der Waals surface area contributed by atoms with E-state index in [1.807, 2.05) is 43.3 Å². The van der Waals surface area contributed by atoms with Crippen molar-refractivity contribution in [3.05, 3.63) is 83.4 Å². The topological polar surface area (TPSA) is 81.2 Å². The lowest BCUT2D eigenvalue weighted by Gasteiger charge is -2.22. The van der Waals surface area contributed by atoms with Gasteiger partial charge in [-0.1, -0.05) is 78.9 Å². The third kappa shape index (κ3) is 5.85. The Morgan fingerprint density at radius 2 is 1.35 bits per heavy atom. The fraction of sp³-hybridized carbons (Fsp3) is 0.290. The van der Waals surface area contributed by atoms with Crippen LogP contribution in [0, 0.1) is 13.8 Å². The molecule has 0 bridgehead atoms. The number of hydrogen-bond donors (Lipinski definition) is 1. The standard InChI is InChI=1S/C31H31N3O3/c1-20-8-12-22(13-9-20)29-30(23-14-10-21(2)11-15-23)34-27-18-24(16-17-26(27)33-29)31(36)37-19-28(35)32-25-6-4-3-5-7-25/h8-18,25H,3-7,19H2,1-2H3,(H,32,35). The summed E-state index contributed by atoms with van der Waals surface area (Å²) in [6, 6.07) is 21.7.